The highest BCUT2D eigenvalue weighted by atomic mass is 19.4. The number of ether oxygens (including phenoxy) is 1. The van der Waals surface area contributed by atoms with E-state index < -0.39 is 35.8 Å². The molecule has 1 aliphatic rings. The van der Waals surface area contributed by atoms with Gasteiger partial charge in [0.1, 0.15) is 6.10 Å². The second-order valence-corrected chi connectivity index (χ2v) is 5.27. The van der Waals surface area contributed by atoms with Crippen LogP contribution in [0.3, 0.4) is 0 Å². The highest BCUT2D eigenvalue weighted by Crippen LogP contribution is 2.58. The van der Waals surface area contributed by atoms with Crippen molar-refractivity contribution < 1.29 is 35.9 Å². The maximum Gasteiger partial charge on any atom is 0.403 e. The fourth-order valence-corrected chi connectivity index (χ4v) is 2.68. The molecule has 0 amide bonds. The van der Waals surface area contributed by atoms with Crippen molar-refractivity contribution in [3.8, 4) is 0 Å². The molecular weight excluding hydrogens is 302 g/mol. The SMILES string of the molecule is C=CC(=O)OC1CCCCC1C(C)(C(F)(F)F)C(F)(F)F. The topological polar surface area (TPSA) is 26.3 Å². The quantitative estimate of drug-likeness (QED) is 0.438. The van der Waals surface area contributed by atoms with E-state index >= 15 is 0 Å². The Kier molecular flexibility index (Phi) is 5.00. The molecule has 8 heteroatoms. The summed E-state index contributed by atoms with van der Waals surface area (Å²) in [4.78, 5) is 11.1. The molecule has 0 aromatic heterocycles. The standard InChI is InChI=1S/C13H16F6O2/c1-3-10(20)21-9-7-5-4-6-8(9)11(2,12(14,15)16)13(17,18)19/h3,8-9H,1,4-7H2,2H3. The van der Waals surface area contributed by atoms with Gasteiger partial charge in [-0.05, 0) is 26.2 Å². The monoisotopic (exact) mass is 318 g/mol. The third-order valence-electron chi connectivity index (χ3n) is 4.06. The molecule has 2 nitrogen and oxygen atoms in total. The van der Waals surface area contributed by atoms with Crippen molar-refractivity contribution in [3.05, 3.63) is 12.7 Å². The first-order valence-corrected chi connectivity index (χ1v) is 6.41. The number of alkyl halides is 6. The number of carbonyl (C=O) groups excluding carboxylic acids is 1. The van der Waals surface area contributed by atoms with E-state index in [0.717, 1.165) is 6.08 Å². The molecule has 0 spiro atoms. The number of esters is 1. The van der Waals surface area contributed by atoms with Gasteiger partial charge in [0.15, 0.2) is 5.41 Å². The van der Waals surface area contributed by atoms with E-state index in [1.807, 2.05) is 0 Å². The molecule has 2 unspecified atom stereocenters. The number of carbonyl (C=O) groups is 1. The van der Waals surface area contributed by atoms with E-state index in [1.165, 1.54) is 0 Å². The lowest BCUT2D eigenvalue weighted by atomic mass is 9.67. The van der Waals surface area contributed by atoms with Crippen LogP contribution < -0.4 is 0 Å². The van der Waals surface area contributed by atoms with Crippen molar-refractivity contribution in [1.82, 2.24) is 0 Å². The summed E-state index contributed by atoms with van der Waals surface area (Å²) in [5.41, 5.74) is -3.91. The van der Waals surface area contributed by atoms with Gasteiger partial charge in [0.05, 0.1) is 0 Å². The second kappa shape index (κ2) is 5.88. The third kappa shape index (κ3) is 3.35. The smallest absolute Gasteiger partial charge is 0.403 e. The van der Waals surface area contributed by atoms with Crippen LogP contribution in [0, 0.1) is 11.3 Å². The molecule has 0 heterocycles. The maximum absolute atomic E-state index is 13.1. The summed E-state index contributed by atoms with van der Waals surface area (Å²) < 4.78 is 83.3. The zero-order chi connectivity index (χ0) is 16.5. The average Bonchev–Trinajstić information content (AvgIpc) is 2.35. The van der Waals surface area contributed by atoms with Crippen molar-refractivity contribution in [2.45, 2.75) is 51.1 Å². The summed E-state index contributed by atoms with van der Waals surface area (Å²) in [6, 6.07) is 0. The predicted molar refractivity (Wildman–Crippen MR) is 62.3 cm³/mol. The molecule has 0 bridgehead atoms. The molecule has 0 aromatic rings. The van der Waals surface area contributed by atoms with Gasteiger partial charge in [0.2, 0.25) is 0 Å². The van der Waals surface area contributed by atoms with Crippen LogP contribution in [-0.4, -0.2) is 24.4 Å². The van der Waals surface area contributed by atoms with Crippen LogP contribution in [0.15, 0.2) is 12.7 Å². The van der Waals surface area contributed by atoms with Crippen molar-refractivity contribution >= 4 is 5.97 Å². The van der Waals surface area contributed by atoms with E-state index in [0.29, 0.717) is 6.42 Å². The number of halogens is 6. The van der Waals surface area contributed by atoms with Crippen LogP contribution in [0.4, 0.5) is 26.3 Å². The van der Waals surface area contributed by atoms with Crippen molar-refractivity contribution in [1.29, 1.82) is 0 Å². The summed E-state index contributed by atoms with van der Waals surface area (Å²) >= 11 is 0. The van der Waals surface area contributed by atoms with Gasteiger partial charge in [0.25, 0.3) is 0 Å². The molecule has 0 saturated heterocycles. The Hall–Kier alpha value is -1.21. The first kappa shape index (κ1) is 17.8. The Bertz CT molecular complexity index is 384. The Morgan fingerprint density at radius 3 is 2.00 bits per heavy atom. The zero-order valence-corrected chi connectivity index (χ0v) is 11.4. The first-order chi connectivity index (χ1) is 9.45. The van der Waals surface area contributed by atoms with Gasteiger partial charge in [-0.15, -0.1) is 0 Å². The van der Waals surface area contributed by atoms with Crippen molar-refractivity contribution in [2.75, 3.05) is 0 Å². The van der Waals surface area contributed by atoms with Crippen molar-refractivity contribution in [2.24, 2.45) is 11.3 Å². The predicted octanol–water partition coefficient (Wildman–Crippen LogP) is 4.41. The van der Waals surface area contributed by atoms with Gasteiger partial charge in [-0.25, -0.2) is 4.79 Å². The fraction of sp³-hybridized carbons (Fsp3) is 0.769. The van der Waals surface area contributed by atoms with Crippen LogP contribution in [0.2, 0.25) is 0 Å². The first-order valence-electron chi connectivity index (χ1n) is 6.41. The highest BCUT2D eigenvalue weighted by Gasteiger charge is 2.72. The second-order valence-electron chi connectivity index (χ2n) is 5.27. The van der Waals surface area contributed by atoms with Crippen molar-refractivity contribution in [3.63, 3.8) is 0 Å². The summed E-state index contributed by atoms with van der Waals surface area (Å²) in [6.07, 6.45) is -11.3. The molecule has 0 aromatic carbocycles. The zero-order valence-electron chi connectivity index (χ0n) is 11.4. The van der Waals surface area contributed by atoms with Gasteiger partial charge in [0, 0.05) is 12.0 Å². The summed E-state index contributed by atoms with van der Waals surface area (Å²) in [5.74, 6) is -2.87. The number of hydrogen-bond acceptors (Lipinski definition) is 2. The Morgan fingerprint density at radius 2 is 1.57 bits per heavy atom. The highest BCUT2D eigenvalue weighted by molar-refractivity contribution is 5.81. The van der Waals surface area contributed by atoms with Gasteiger partial charge in [-0.1, -0.05) is 13.0 Å². The Labute approximate surface area is 118 Å². The minimum atomic E-state index is -5.48. The average molecular weight is 318 g/mol. The minimum absolute atomic E-state index is 0.0218. The van der Waals surface area contributed by atoms with Gasteiger partial charge < -0.3 is 4.74 Å². The lowest BCUT2D eigenvalue weighted by molar-refractivity contribution is -0.361. The summed E-state index contributed by atoms with van der Waals surface area (Å²) in [6.45, 7) is 3.23. The molecule has 2 atom stereocenters. The molecule has 0 N–H and O–H groups in total. The molecule has 1 saturated carbocycles. The van der Waals surface area contributed by atoms with E-state index in [9.17, 15) is 31.1 Å². The van der Waals surface area contributed by atoms with Crippen LogP contribution in [-0.2, 0) is 9.53 Å². The fourth-order valence-electron chi connectivity index (χ4n) is 2.68. The number of hydrogen-bond donors (Lipinski definition) is 0. The number of rotatable bonds is 3. The van der Waals surface area contributed by atoms with Crippen LogP contribution in [0.5, 0.6) is 0 Å². The van der Waals surface area contributed by atoms with E-state index in [4.69, 9.17) is 4.74 Å². The van der Waals surface area contributed by atoms with Gasteiger partial charge >= 0.3 is 18.3 Å². The molecule has 0 radical (unpaired) electrons. The van der Waals surface area contributed by atoms with E-state index in [1.54, 1.807) is 0 Å². The van der Waals surface area contributed by atoms with Crippen LogP contribution >= 0.6 is 0 Å². The molecule has 1 fully saturated rings. The molecule has 1 rings (SSSR count). The van der Waals surface area contributed by atoms with Crippen LogP contribution in [0.1, 0.15) is 32.6 Å². The lowest BCUT2D eigenvalue weighted by Gasteiger charge is -2.45. The molecule has 21 heavy (non-hydrogen) atoms. The Morgan fingerprint density at radius 1 is 1.10 bits per heavy atom. The lowest BCUT2D eigenvalue weighted by Crippen LogP contribution is -2.57. The summed E-state index contributed by atoms with van der Waals surface area (Å²) in [7, 11) is 0. The maximum atomic E-state index is 13.1. The Balaban J connectivity index is 3.20. The molecular formula is C13H16F6O2. The molecule has 0 aliphatic heterocycles. The van der Waals surface area contributed by atoms with E-state index in [-0.39, 0.29) is 26.2 Å². The largest absolute Gasteiger partial charge is 0.459 e. The molecule has 122 valence electrons. The van der Waals surface area contributed by atoms with E-state index in [2.05, 4.69) is 6.58 Å². The van der Waals surface area contributed by atoms with Gasteiger partial charge in [-0.3, -0.25) is 0 Å². The minimum Gasteiger partial charge on any atom is -0.459 e. The van der Waals surface area contributed by atoms with Gasteiger partial charge in [-0.2, -0.15) is 26.3 Å². The third-order valence-corrected chi connectivity index (χ3v) is 4.06. The molecule has 1 aliphatic carbocycles. The summed E-state index contributed by atoms with van der Waals surface area (Å²) in [5, 5.41) is 0. The normalized spacial score (nSPS) is 24.5. The van der Waals surface area contributed by atoms with Crippen LogP contribution in [0.25, 0.3) is 0 Å².